The molecule has 92 valence electrons. The second-order valence-corrected chi connectivity index (χ2v) is 4.62. The molecule has 2 rings (SSSR count). The number of hydrogen-bond acceptors (Lipinski definition) is 3. The number of imidazole rings is 1. The van der Waals surface area contributed by atoms with Gasteiger partial charge in [0.15, 0.2) is 0 Å². The maximum absolute atomic E-state index is 8.93. The third-order valence-corrected chi connectivity index (χ3v) is 2.98. The van der Waals surface area contributed by atoms with E-state index in [0.29, 0.717) is 11.5 Å². The van der Waals surface area contributed by atoms with Crippen molar-refractivity contribution in [3.63, 3.8) is 0 Å². The molecule has 1 aromatic carbocycles. The van der Waals surface area contributed by atoms with Crippen molar-refractivity contribution in [1.82, 2.24) is 9.55 Å². The molecule has 1 atom stereocenters. The Hall–Kier alpha value is -2.12. The zero-order valence-corrected chi connectivity index (χ0v) is 10.5. The van der Waals surface area contributed by atoms with Gasteiger partial charge >= 0.3 is 0 Å². The maximum Gasteiger partial charge on any atom is 0.0994 e. The number of aromatic nitrogens is 2. The molecule has 1 aromatic heterocycles. The number of hydrogen-bond donors (Lipinski definition) is 1. The van der Waals surface area contributed by atoms with Crippen LogP contribution in [0.1, 0.15) is 31.1 Å². The van der Waals surface area contributed by atoms with Gasteiger partial charge in [0.25, 0.3) is 0 Å². The highest BCUT2D eigenvalue weighted by Gasteiger charge is 2.15. The summed E-state index contributed by atoms with van der Waals surface area (Å²) < 4.78 is 1.94. The fourth-order valence-electron chi connectivity index (χ4n) is 1.83. The summed E-state index contributed by atoms with van der Waals surface area (Å²) in [6.45, 7) is 4.15. The Morgan fingerprint density at radius 1 is 1.39 bits per heavy atom. The summed E-state index contributed by atoms with van der Waals surface area (Å²) in [5.41, 5.74) is 8.67. The lowest BCUT2D eigenvalue weighted by Gasteiger charge is -2.17. The second kappa shape index (κ2) is 5.03. The Kier molecular flexibility index (Phi) is 3.45. The van der Waals surface area contributed by atoms with Crippen LogP contribution in [0, 0.1) is 17.2 Å². The smallest absolute Gasteiger partial charge is 0.0994 e. The van der Waals surface area contributed by atoms with E-state index in [1.165, 1.54) is 0 Å². The van der Waals surface area contributed by atoms with Crippen molar-refractivity contribution >= 4 is 0 Å². The zero-order valence-electron chi connectivity index (χ0n) is 10.5. The van der Waals surface area contributed by atoms with E-state index in [9.17, 15) is 0 Å². The largest absolute Gasteiger partial charge is 0.322 e. The molecule has 0 radical (unpaired) electrons. The minimum Gasteiger partial charge on any atom is -0.322 e. The zero-order chi connectivity index (χ0) is 13.1. The fraction of sp³-hybridized carbons (Fsp3) is 0.286. The van der Waals surface area contributed by atoms with Gasteiger partial charge in [-0.3, -0.25) is 0 Å². The Morgan fingerprint density at radius 2 is 2.17 bits per heavy atom. The molecule has 1 unspecified atom stereocenters. The van der Waals surface area contributed by atoms with Crippen molar-refractivity contribution in [2.75, 3.05) is 0 Å². The predicted molar refractivity (Wildman–Crippen MR) is 70.0 cm³/mol. The molecule has 1 heterocycles. The Bertz CT molecular complexity index is 577. The van der Waals surface area contributed by atoms with Gasteiger partial charge in [0, 0.05) is 11.7 Å². The van der Waals surface area contributed by atoms with Crippen LogP contribution < -0.4 is 5.73 Å². The number of nitriles is 1. The Balaban J connectivity index is 2.46. The summed E-state index contributed by atoms with van der Waals surface area (Å²) in [6, 6.07) is 9.48. The van der Waals surface area contributed by atoms with Gasteiger partial charge in [-0.05, 0) is 24.1 Å². The second-order valence-electron chi connectivity index (χ2n) is 4.62. The van der Waals surface area contributed by atoms with Crippen molar-refractivity contribution in [3.8, 4) is 11.8 Å². The minimum atomic E-state index is -0.0711. The summed E-state index contributed by atoms with van der Waals surface area (Å²) in [6.07, 6.45) is 3.51. The van der Waals surface area contributed by atoms with E-state index in [1.807, 2.05) is 22.8 Å². The quantitative estimate of drug-likeness (QED) is 0.895. The van der Waals surface area contributed by atoms with E-state index >= 15 is 0 Å². The first-order valence-corrected chi connectivity index (χ1v) is 5.92. The van der Waals surface area contributed by atoms with Crippen LogP contribution in [0.5, 0.6) is 0 Å². The van der Waals surface area contributed by atoms with Crippen molar-refractivity contribution in [3.05, 3.63) is 48.0 Å². The van der Waals surface area contributed by atoms with E-state index < -0.39 is 0 Å². The molecule has 4 heteroatoms. The highest BCUT2D eigenvalue weighted by Crippen LogP contribution is 2.22. The molecule has 18 heavy (non-hydrogen) atoms. The molecule has 0 saturated carbocycles. The molecule has 0 aliphatic carbocycles. The van der Waals surface area contributed by atoms with Crippen molar-refractivity contribution in [2.24, 2.45) is 11.7 Å². The summed E-state index contributed by atoms with van der Waals surface area (Å²) in [5.74, 6) is 0.333. The lowest BCUT2D eigenvalue weighted by atomic mass is 10.0. The standard InChI is InChI=1S/C14H16N4/c1-10(2)14(16)13-8-17-9-18(13)12-5-3-4-11(6-12)7-15/h3-6,8-10,14H,16H2,1-2H3. The van der Waals surface area contributed by atoms with Crippen LogP contribution in [0.25, 0.3) is 5.69 Å². The monoisotopic (exact) mass is 240 g/mol. The van der Waals surface area contributed by atoms with E-state index in [0.717, 1.165) is 11.4 Å². The highest BCUT2D eigenvalue weighted by molar-refractivity contribution is 5.42. The van der Waals surface area contributed by atoms with Crippen LogP contribution in [0.3, 0.4) is 0 Å². The third kappa shape index (κ3) is 2.27. The highest BCUT2D eigenvalue weighted by atomic mass is 15.1. The van der Waals surface area contributed by atoms with E-state index in [2.05, 4.69) is 24.9 Å². The first-order valence-electron chi connectivity index (χ1n) is 5.92. The minimum absolute atomic E-state index is 0.0711. The molecule has 0 aliphatic heterocycles. The summed E-state index contributed by atoms with van der Waals surface area (Å²) in [7, 11) is 0. The van der Waals surface area contributed by atoms with Gasteiger partial charge in [-0.25, -0.2) is 4.98 Å². The molecule has 4 nitrogen and oxygen atoms in total. The average Bonchev–Trinajstić information content (AvgIpc) is 2.86. The van der Waals surface area contributed by atoms with E-state index in [1.54, 1.807) is 18.6 Å². The number of benzene rings is 1. The molecule has 0 amide bonds. The van der Waals surface area contributed by atoms with Gasteiger partial charge in [-0.15, -0.1) is 0 Å². The molecule has 0 saturated heterocycles. The van der Waals surface area contributed by atoms with Crippen LogP contribution in [-0.4, -0.2) is 9.55 Å². The number of rotatable bonds is 3. The van der Waals surface area contributed by atoms with Gasteiger partial charge in [-0.2, -0.15) is 5.26 Å². The van der Waals surface area contributed by atoms with Crippen LogP contribution in [0.4, 0.5) is 0 Å². The van der Waals surface area contributed by atoms with Crippen LogP contribution in [0.2, 0.25) is 0 Å². The van der Waals surface area contributed by atoms with Crippen LogP contribution in [0.15, 0.2) is 36.8 Å². The van der Waals surface area contributed by atoms with E-state index in [4.69, 9.17) is 11.0 Å². The van der Waals surface area contributed by atoms with Crippen molar-refractivity contribution < 1.29 is 0 Å². The van der Waals surface area contributed by atoms with Gasteiger partial charge in [0.05, 0.1) is 29.9 Å². The molecular weight excluding hydrogens is 224 g/mol. The molecule has 0 fully saturated rings. The predicted octanol–water partition coefficient (Wildman–Crippen LogP) is 2.40. The summed E-state index contributed by atoms with van der Waals surface area (Å²) in [4.78, 5) is 4.16. The Morgan fingerprint density at radius 3 is 2.83 bits per heavy atom. The molecule has 0 spiro atoms. The van der Waals surface area contributed by atoms with E-state index in [-0.39, 0.29) is 6.04 Å². The summed E-state index contributed by atoms with van der Waals surface area (Å²) in [5, 5.41) is 8.93. The van der Waals surface area contributed by atoms with Crippen molar-refractivity contribution in [2.45, 2.75) is 19.9 Å². The normalized spacial score (nSPS) is 12.4. The Labute approximate surface area is 107 Å². The molecule has 0 aliphatic rings. The molecule has 2 aromatic rings. The summed E-state index contributed by atoms with van der Waals surface area (Å²) >= 11 is 0. The molecule has 0 bridgehead atoms. The number of nitrogens with two attached hydrogens (primary N) is 1. The van der Waals surface area contributed by atoms with Crippen LogP contribution in [-0.2, 0) is 0 Å². The van der Waals surface area contributed by atoms with Crippen molar-refractivity contribution in [1.29, 1.82) is 5.26 Å². The lowest BCUT2D eigenvalue weighted by Crippen LogP contribution is -2.19. The topological polar surface area (TPSA) is 67.6 Å². The SMILES string of the molecule is CC(C)C(N)c1cncn1-c1cccc(C#N)c1. The first kappa shape index (κ1) is 12.3. The third-order valence-electron chi connectivity index (χ3n) is 2.98. The van der Waals surface area contributed by atoms with Gasteiger partial charge in [0.2, 0.25) is 0 Å². The number of nitrogens with zero attached hydrogens (tertiary/aromatic N) is 3. The maximum atomic E-state index is 8.93. The molecule has 2 N–H and O–H groups in total. The fourth-order valence-corrected chi connectivity index (χ4v) is 1.83. The average molecular weight is 240 g/mol. The lowest BCUT2D eigenvalue weighted by molar-refractivity contribution is 0.497. The first-order chi connectivity index (χ1) is 8.63. The van der Waals surface area contributed by atoms with Gasteiger partial charge in [-0.1, -0.05) is 19.9 Å². The molecular formula is C14H16N4. The van der Waals surface area contributed by atoms with Crippen LogP contribution >= 0.6 is 0 Å². The van der Waals surface area contributed by atoms with Gasteiger partial charge in [0.1, 0.15) is 0 Å². The van der Waals surface area contributed by atoms with Gasteiger partial charge < -0.3 is 10.3 Å².